The Hall–Kier alpha value is -2.64. The van der Waals surface area contributed by atoms with Crippen LogP contribution in [0.25, 0.3) is 5.82 Å². The normalized spacial score (nSPS) is 10.3. The van der Waals surface area contributed by atoms with E-state index in [1.54, 1.807) is 13.8 Å². The second-order valence-electron chi connectivity index (χ2n) is 3.93. The minimum Gasteiger partial charge on any atom is -0.481 e. The number of esters is 1. The average Bonchev–Trinajstić information content (AvgIpc) is 2.81. The number of nitrogens with zero attached hydrogens (tertiary/aromatic N) is 4. The van der Waals surface area contributed by atoms with Gasteiger partial charge in [0.2, 0.25) is 5.88 Å². The first kappa shape index (κ1) is 13.8. The van der Waals surface area contributed by atoms with Crippen LogP contribution in [-0.4, -0.2) is 39.4 Å². The first-order valence-electron chi connectivity index (χ1n) is 5.96. The molecule has 0 aromatic carbocycles. The molecular weight excluding hydrogens is 262 g/mol. The Morgan fingerprint density at radius 2 is 2.20 bits per heavy atom. The highest BCUT2D eigenvalue weighted by Crippen LogP contribution is 2.21. The van der Waals surface area contributed by atoms with Crippen molar-refractivity contribution < 1.29 is 14.3 Å². The van der Waals surface area contributed by atoms with Crippen LogP contribution in [0, 0.1) is 6.92 Å². The molecule has 0 spiro atoms. The third-order valence-electron chi connectivity index (χ3n) is 2.63. The van der Waals surface area contributed by atoms with E-state index in [0.29, 0.717) is 17.3 Å². The van der Waals surface area contributed by atoms with Gasteiger partial charge < -0.3 is 15.2 Å². The molecule has 8 heteroatoms. The molecule has 2 N–H and O–H groups in total. The van der Waals surface area contributed by atoms with Gasteiger partial charge in [-0.25, -0.2) is 19.4 Å². The van der Waals surface area contributed by atoms with Crippen molar-refractivity contribution in [3.63, 3.8) is 0 Å². The molecule has 0 amide bonds. The summed E-state index contributed by atoms with van der Waals surface area (Å²) in [5.74, 6) is 0.350. The van der Waals surface area contributed by atoms with E-state index in [1.807, 2.05) is 0 Å². The van der Waals surface area contributed by atoms with Crippen LogP contribution >= 0.6 is 0 Å². The molecule has 0 bridgehead atoms. The minimum atomic E-state index is -0.567. The van der Waals surface area contributed by atoms with Crippen molar-refractivity contribution in [2.75, 3.05) is 19.5 Å². The summed E-state index contributed by atoms with van der Waals surface area (Å²) in [5, 5.41) is 4.11. The van der Waals surface area contributed by atoms with Gasteiger partial charge in [-0.15, -0.1) is 0 Å². The van der Waals surface area contributed by atoms with E-state index in [0.717, 1.165) is 0 Å². The van der Waals surface area contributed by atoms with Gasteiger partial charge in [-0.05, 0) is 13.8 Å². The maximum Gasteiger partial charge on any atom is 0.361 e. The van der Waals surface area contributed by atoms with Crippen LogP contribution < -0.4 is 10.5 Å². The molecule has 8 nitrogen and oxygen atoms in total. The van der Waals surface area contributed by atoms with Crippen molar-refractivity contribution in [1.29, 1.82) is 0 Å². The molecule has 2 aromatic rings. The number of hydrogen-bond donors (Lipinski definition) is 1. The van der Waals surface area contributed by atoms with Gasteiger partial charge in [0.15, 0.2) is 11.5 Å². The van der Waals surface area contributed by atoms with Crippen LogP contribution in [0.5, 0.6) is 5.88 Å². The Kier molecular flexibility index (Phi) is 3.83. The van der Waals surface area contributed by atoms with Crippen LogP contribution in [0.4, 0.5) is 5.69 Å². The predicted molar refractivity (Wildman–Crippen MR) is 70.8 cm³/mol. The van der Waals surface area contributed by atoms with Gasteiger partial charge in [0.05, 0.1) is 31.2 Å². The summed E-state index contributed by atoms with van der Waals surface area (Å²) in [6, 6.07) is 0. The average molecular weight is 277 g/mol. The zero-order valence-electron chi connectivity index (χ0n) is 11.5. The van der Waals surface area contributed by atoms with E-state index in [9.17, 15) is 4.79 Å². The summed E-state index contributed by atoms with van der Waals surface area (Å²) in [7, 11) is 1.51. The maximum atomic E-state index is 11.7. The molecule has 106 valence electrons. The topological polar surface area (TPSA) is 105 Å². The third kappa shape index (κ3) is 2.40. The van der Waals surface area contributed by atoms with E-state index in [4.69, 9.17) is 15.2 Å². The molecule has 2 rings (SSSR count). The lowest BCUT2D eigenvalue weighted by atomic mass is 10.3. The fourth-order valence-corrected chi connectivity index (χ4v) is 1.72. The van der Waals surface area contributed by atoms with E-state index < -0.39 is 5.97 Å². The maximum absolute atomic E-state index is 11.7. The quantitative estimate of drug-likeness (QED) is 0.821. The number of carbonyl (C=O) groups excluding carboxylic acids is 1. The van der Waals surface area contributed by atoms with Gasteiger partial charge in [0.1, 0.15) is 6.33 Å². The zero-order chi connectivity index (χ0) is 14.7. The lowest BCUT2D eigenvalue weighted by molar-refractivity contribution is 0.0520. The number of rotatable bonds is 4. The molecule has 0 saturated heterocycles. The van der Waals surface area contributed by atoms with Crippen LogP contribution in [0.15, 0.2) is 12.5 Å². The number of methoxy groups -OCH3 is 1. The minimum absolute atomic E-state index is 0.0591. The Morgan fingerprint density at radius 1 is 1.45 bits per heavy atom. The standard InChI is InChI=1S/C12H15N5O3/c1-4-20-12(18)9-8(13)5-17(16-9)10-7(2)11(19-3)15-6-14-10/h5-6H,4,13H2,1-3H3. The largest absolute Gasteiger partial charge is 0.481 e. The summed E-state index contributed by atoms with van der Waals surface area (Å²) < 4.78 is 11.4. The number of nitrogens with two attached hydrogens (primary N) is 1. The second kappa shape index (κ2) is 5.55. The highest BCUT2D eigenvalue weighted by molar-refractivity contribution is 5.92. The third-order valence-corrected chi connectivity index (χ3v) is 2.63. The van der Waals surface area contributed by atoms with Gasteiger partial charge in [0.25, 0.3) is 0 Å². The number of anilines is 1. The molecule has 2 aromatic heterocycles. The number of nitrogen functional groups attached to an aromatic ring is 1. The van der Waals surface area contributed by atoms with Gasteiger partial charge in [-0.3, -0.25) is 0 Å². The molecule has 0 aliphatic carbocycles. The fraction of sp³-hybridized carbons (Fsp3) is 0.333. The molecule has 20 heavy (non-hydrogen) atoms. The summed E-state index contributed by atoms with van der Waals surface area (Å²) in [4.78, 5) is 19.8. The lowest BCUT2D eigenvalue weighted by Gasteiger charge is -2.07. The number of carbonyl (C=O) groups is 1. The Morgan fingerprint density at radius 3 is 2.85 bits per heavy atom. The Labute approximate surface area is 115 Å². The smallest absolute Gasteiger partial charge is 0.361 e. The first-order valence-corrected chi connectivity index (χ1v) is 5.96. The van der Waals surface area contributed by atoms with Crippen LogP contribution in [0.2, 0.25) is 0 Å². The van der Waals surface area contributed by atoms with E-state index in [2.05, 4.69) is 15.1 Å². The van der Waals surface area contributed by atoms with Crippen molar-refractivity contribution in [3.8, 4) is 11.7 Å². The zero-order valence-corrected chi connectivity index (χ0v) is 11.5. The number of ether oxygens (including phenoxy) is 2. The Bertz CT molecular complexity index is 638. The molecule has 0 radical (unpaired) electrons. The monoisotopic (exact) mass is 277 g/mol. The molecule has 0 fully saturated rings. The fourth-order valence-electron chi connectivity index (χ4n) is 1.72. The van der Waals surface area contributed by atoms with Gasteiger partial charge in [-0.1, -0.05) is 0 Å². The molecule has 0 saturated carbocycles. The lowest BCUT2D eigenvalue weighted by Crippen LogP contribution is -2.09. The second-order valence-corrected chi connectivity index (χ2v) is 3.93. The predicted octanol–water partition coefficient (Wildman–Crippen LogP) is 0.738. The first-order chi connectivity index (χ1) is 9.58. The number of hydrogen-bond acceptors (Lipinski definition) is 7. The van der Waals surface area contributed by atoms with Crippen molar-refractivity contribution in [2.45, 2.75) is 13.8 Å². The van der Waals surface area contributed by atoms with Crippen molar-refractivity contribution in [1.82, 2.24) is 19.7 Å². The van der Waals surface area contributed by atoms with Gasteiger partial charge >= 0.3 is 5.97 Å². The van der Waals surface area contributed by atoms with Crippen LogP contribution in [0.1, 0.15) is 23.0 Å². The molecular formula is C12H15N5O3. The SMILES string of the molecule is CCOC(=O)c1nn(-c2ncnc(OC)c2C)cc1N. The summed E-state index contributed by atoms with van der Waals surface area (Å²) in [6.07, 6.45) is 2.85. The van der Waals surface area contributed by atoms with Crippen LogP contribution in [-0.2, 0) is 4.74 Å². The highest BCUT2D eigenvalue weighted by atomic mass is 16.5. The summed E-state index contributed by atoms with van der Waals surface area (Å²) >= 11 is 0. The van der Waals surface area contributed by atoms with E-state index in [1.165, 1.54) is 24.3 Å². The molecule has 0 atom stereocenters. The van der Waals surface area contributed by atoms with Gasteiger partial charge in [0, 0.05) is 0 Å². The molecule has 0 unspecified atom stereocenters. The van der Waals surface area contributed by atoms with Crippen molar-refractivity contribution >= 4 is 11.7 Å². The molecule has 0 aliphatic rings. The van der Waals surface area contributed by atoms with Crippen molar-refractivity contribution in [2.24, 2.45) is 0 Å². The molecule has 0 aliphatic heterocycles. The van der Waals surface area contributed by atoms with E-state index in [-0.39, 0.29) is 18.0 Å². The number of aromatic nitrogens is 4. The van der Waals surface area contributed by atoms with E-state index >= 15 is 0 Å². The Balaban J connectivity index is 2.45. The van der Waals surface area contributed by atoms with Crippen molar-refractivity contribution in [3.05, 3.63) is 23.8 Å². The molecule has 2 heterocycles. The van der Waals surface area contributed by atoms with Gasteiger partial charge in [-0.2, -0.15) is 5.10 Å². The van der Waals surface area contributed by atoms with Crippen LogP contribution in [0.3, 0.4) is 0 Å². The highest BCUT2D eigenvalue weighted by Gasteiger charge is 2.18. The summed E-state index contributed by atoms with van der Waals surface area (Å²) in [5.41, 5.74) is 6.74. The summed E-state index contributed by atoms with van der Waals surface area (Å²) in [6.45, 7) is 3.76.